The molecule has 136 valence electrons. The number of methoxy groups -OCH3 is 2. The maximum Gasteiger partial charge on any atom is 0.206 e. The van der Waals surface area contributed by atoms with Gasteiger partial charge in [0.25, 0.3) is 0 Å². The van der Waals surface area contributed by atoms with Crippen LogP contribution in [0.2, 0.25) is 0 Å². The molecule has 0 fully saturated rings. The molecule has 0 amide bonds. The van der Waals surface area contributed by atoms with Crippen LogP contribution in [-0.2, 0) is 4.74 Å². The van der Waals surface area contributed by atoms with E-state index in [-0.39, 0.29) is 0 Å². The van der Waals surface area contributed by atoms with Gasteiger partial charge in [-0.3, -0.25) is 4.99 Å². The quantitative estimate of drug-likeness (QED) is 0.392. The summed E-state index contributed by atoms with van der Waals surface area (Å²) >= 11 is 6.76. The Kier molecular flexibility index (Phi) is 6.79. The van der Waals surface area contributed by atoms with Crippen LogP contribution in [0.25, 0.3) is 10.6 Å². The highest BCUT2D eigenvalue weighted by Gasteiger charge is 2.09. The van der Waals surface area contributed by atoms with E-state index >= 15 is 0 Å². The summed E-state index contributed by atoms with van der Waals surface area (Å²) in [5.41, 5.74) is 2.01. The van der Waals surface area contributed by atoms with Gasteiger partial charge in [0.1, 0.15) is 5.75 Å². The Morgan fingerprint density at radius 2 is 1.96 bits per heavy atom. The van der Waals surface area contributed by atoms with E-state index in [1.165, 1.54) is 0 Å². The van der Waals surface area contributed by atoms with Crippen LogP contribution >= 0.6 is 38.6 Å². The van der Waals surface area contributed by atoms with Gasteiger partial charge in [0.2, 0.25) is 4.80 Å². The highest BCUT2D eigenvalue weighted by Crippen LogP contribution is 2.31. The highest BCUT2D eigenvalue weighted by molar-refractivity contribution is 9.11. The Bertz CT molecular complexity index is 942. The monoisotopic (exact) mass is 451 g/mol. The Hall–Kier alpha value is -1.74. The average Bonchev–Trinajstić information content (AvgIpc) is 3.26. The molecule has 0 saturated heterocycles. The molecule has 0 spiro atoms. The summed E-state index contributed by atoms with van der Waals surface area (Å²) in [6, 6.07) is 11.9. The summed E-state index contributed by atoms with van der Waals surface area (Å²) in [5.74, 6) is 0.824. The number of hydrogen-bond acceptors (Lipinski definition) is 6. The first-order valence-corrected chi connectivity index (χ1v) is 10.3. The summed E-state index contributed by atoms with van der Waals surface area (Å²) in [6.07, 6.45) is 1.83. The van der Waals surface area contributed by atoms with Gasteiger partial charge in [-0.15, -0.1) is 22.7 Å². The maximum atomic E-state index is 5.19. The lowest BCUT2D eigenvalue weighted by Gasteiger charge is -2.02. The molecule has 0 radical (unpaired) electrons. The Morgan fingerprint density at radius 1 is 1.15 bits per heavy atom. The van der Waals surface area contributed by atoms with Gasteiger partial charge < -0.3 is 9.47 Å². The van der Waals surface area contributed by atoms with Crippen LogP contribution < -0.4 is 9.54 Å². The smallest absolute Gasteiger partial charge is 0.206 e. The minimum absolute atomic E-state index is 0.583. The van der Waals surface area contributed by atoms with Gasteiger partial charge in [-0.05, 0) is 57.9 Å². The van der Waals surface area contributed by atoms with Crippen molar-refractivity contribution < 1.29 is 9.47 Å². The van der Waals surface area contributed by atoms with Crippen molar-refractivity contribution in [1.82, 2.24) is 4.68 Å². The number of ether oxygens (including phenoxy) is 2. The number of benzene rings is 1. The number of rotatable bonds is 7. The van der Waals surface area contributed by atoms with Gasteiger partial charge >= 0.3 is 0 Å². The first-order chi connectivity index (χ1) is 12.7. The molecule has 0 aliphatic heterocycles. The van der Waals surface area contributed by atoms with Crippen LogP contribution in [0.15, 0.2) is 55.7 Å². The van der Waals surface area contributed by atoms with Gasteiger partial charge in [-0.25, -0.2) is 4.68 Å². The van der Waals surface area contributed by atoms with Crippen molar-refractivity contribution in [3.05, 3.63) is 55.9 Å². The fourth-order valence-electron chi connectivity index (χ4n) is 2.19. The van der Waals surface area contributed by atoms with Crippen LogP contribution in [0.1, 0.15) is 5.56 Å². The van der Waals surface area contributed by atoms with E-state index in [0.717, 1.165) is 30.5 Å². The third-order valence-corrected chi connectivity index (χ3v) is 5.99. The second-order valence-electron chi connectivity index (χ2n) is 5.21. The zero-order chi connectivity index (χ0) is 18.4. The molecule has 3 rings (SSSR count). The first kappa shape index (κ1) is 19.0. The summed E-state index contributed by atoms with van der Waals surface area (Å²) in [7, 11) is 3.33. The standard InChI is InChI=1S/C18H18BrN3O2S2/c1-23-10-9-20-18-22(15(12-25-18)16-7-8-17(19)26-16)21-11-13-3-5-14(24-2)6-4-13/h3-8,11-12H,9-10H2,1-2H3/b20-18?,21-11-. The summed E-state index contributed by atoms with van der Waals surface area (Å²) < 4.78 is 13.3. The maximum absolute atomic E-state index is 5.19. The number of thiophene rings is 1. The molecule has 2 heterocycles. The van der Waals surface area contributed by atoms with Crippen molar-refractivity contribution in [3.8, 4) is 16.3 Å². The van der Waals surface area contributed by atoms with Crippen LogP contribution in [0.5, 0.6) is 5.75 Å². The second-order valence-corrected chi connectivity index (χ2v) is 8.51. The number of thiazole rings is 1. The van der Waals surface area contributed by atoms with E-state index in [0.29, 0.717) is 13.2 Å². The van der Waals surface area contributed by atoms with Gasteiger partial charge in [0, 0.05) is 12.5 Å². The Morgan fingerprint density at radius 3 is 2.62 bits per heavy atom. The van der Waals surface area contributed by atoms with E-state index in [9.17, 15) is 0 Å². The average molecular weight is 452 g/mol. The minimum Gasteiger partial charge on any atom is -0.497 e. The molecule has 0 aliphatic rings. The lowest BCUT2D eigenvalue weighted by Crippen LogP contribution is -2.13. The van der Waals surface area contributed by atoms with Crippen LogP contribution in [0.3, 0.4) is 0 Å². The summed E-state index contributed by atoms with van der Waals surface area (Å²) in [6.45, 7) is 1.18. The lowest BCUT2D eigenvalue weighted by molar-refractivity contribution is 0.207. The van der Waals surface area contributed by atoms with Crippen molar-refractivity contribution in [2.24, 2.45) is 10.1 Å². The first-order valence-electron chi connectivity index (χ1n) is 7.85. The van der Waals surface area contributed by atoms with Crippen molar-refractivity contribution in [1.29, 1.82) is 0 Å². The fraction of sp³-hybridized carbons (Fsp3) is 0.222. The summed E-state index contributed by atoms with van der Waals surface area (Å²) in [4.78, 5) is 6.58. The predicted octanol–water partition coefficient (Wildman–Crippen LogP) is 4.48. The number of nitrogens with zero attached hydrogens (tertiary/aromatic N) is 3. The molecule has 0 atom stereocenters. The molecule has 0 saturated carbocycles. The predicted molar refractivity (Wildman–Crippen MR) is 112 cm³/mol. The normalized spacial score (nSPS) is 12.2. The van der Waals surface area contributed by atoms with E-state index in [4.69, 9.17) is 9.47 Å². The number of aromatic nitrogens is 1. The van der Waals surface area contributed by atoms with E-state index in [2.05, 4.69) is 37.5 Å². The molecule has 1 aromatic carbocycles. The second kappa shape index (κ2) is 9.27. The molecule has 26 heavy (non-hydrogen) atoms. The van der Waals surface area contributed by atoms with Crippen LogP contribution in [0, 0.1) is 0 Å². The third-order valence-electron chi connectivity index (χ3n) is 3.49. The van der Waals surface area contributed by atoms with Crippen molar-refractivity contribution >= 4 is 44.8 Å². The van der Waals surface area contributed by atoms with Gasteiger partial charge in [-0.1, -0.05) is 0 Å². The summed E-state index contributed by atoms with van der Waals surface area (Å²) in [5, 5.41) is 6.75. The van der Waals surface area contributed by atoms with E-state index < -0.39 is 0 Å². The largest absolute Gasteiger partial charge is 0.497 e. The molecule has 0 bridgehead atoms. The topological polar surface area (TPSA) is 48.1 Å². The lowest BCUT2D eigenvalue weighted by atomic mass is 10.2. The number of halogens is 1. The number of hydrogen-bond donors (Lipinski definition) is 0. The van der Waals surface area contributed by atoms with Crippen LogP contribution in [-0.4, -0.2) is 38.3 Å². The van der Waals surface area contributed by atoms with Crippen molar-refractivity contribution in [2.75, 3.05) is 27.4 Å². The van der Waals surface area contributed by atoms with Crippen LogP contribution in [0.4, 0.5) is 0 Å². The highest BCUT2D eigenvalue weighted by atomic mass is 79.9. The zero-order valence-electron chi connectivity index (χ0n) is 14.4. The fourth-order valence-corrected chi connectivity index (χ4v) is 4.51. The molecular formula is C18H18BrN3O2S2. The minimum atomic E-state index is 0.583. The Labute approximate surface area is 168 Å². The molecular weight excluding hydrogens is 434 g/mol. The molecule has 0 aliphatic carbocycles. The van der Waals surface area contributed by atoms with Crippen molar-refractivity contribution in [3.63, 3.8) is 0 Å². The van der Waals surface area contributed by atoms with Gasteiger partial charge in [-0.2, -0.15) is 5.10 Å². The molecule has 0 N–H and O–H groups in total. The van der Waals surface area contributed by atoms with Gasteiger partial charge in [0.15, 0.2) is 0 Å². The molecule has 0 unspecified atom stereocenters. The molecule has 3 aromatic rings. The van der Waals surface area contributed by atoms with Gasteiger partial charge in [0.05, 0.1) is 40.8 Å². The van der Waals surface area contributed by atoms with E-state index in [1.54, 1.807) is 36.9 Å². The SMILES string of the molecule is COCCN=c1scc(-c2ccc(Br)s2)n1/N=C\c1ccc(OC)cc1. The van der Waals surface area contributed by atoms with E-state index in [1.807, 2.05) is 41.2 Å². The Balaban J connectivity index is 1.97. The van der Waals surface area contributed by atoms with Crippen molar-refractivity contribution in [2.45, 2.75) is 0 Å². The molecule has 8 heteroatoms. The molecule has 2 aromatic heterocycles. The third kappa shape index (κ3) is 4.70. The molecule has 5 nitrogen and oxygen atoms in total. The zero-order valence-corrected chi connectivity index (χ0v) is 17.6.